The normalized spacial score (nSPS) is 9.95. The summed E-state index contributed by atoms with van der Waals surface area (Å²) in [6, 6.07) is 10.4. The highest BCUT2D eigenvalue weighted by atomic mass is 16.5. The summed E-state index contributed by atoms with van der Waals surface area (Å²) >= 11 is 0. The number of carbonyl (C=O) groups excluding carboxylic acids is 1. The van der Waals surface area contributed by atoms with Crippen LogP contribution in [0.3, 0.4) is 0 Å². The van der Waals surface area contributed by atoms with E-state index in [9.17, 15) is 4.79 Å². The van der Waals surface area contributed by atoms with E-state index in [-0.39, 0.29) is 12.3 Å². The number of rotatable bonds is 4. The van der Waals surface area contributed by atoms with E-state index in [4.69, 9.17) is 15.2 Å². The highest BCUT2D eigenvalue weighted by Gasteiger charge is 2.08. The van der Waals surface area contributed by atoms with E-state index in [1.54, 1.807) is 13.2 Å². The summed E-state index contributed by atoms with van der Waals surface area (Å²) in [5.74, 6) is 0.283. The number of nitrogen functional groups attached to an aromatic ring is 1. The maximum atomic E-state index is 11.7. The van der Waals surface area contributed by atoms with E-state index < -0.39 is 5.97 Å². The van der Waals surface area contributed by atoms with Gasteiger partial charge in [0.25, 0.3) is 0 Å². The summed E-state index contributed by atoms with van der Waals surface area (Å²) in [5, 5.41) is 0. The molecular weight excluding hydrogens is 244 g/mol. The number of pyridine rings is 1. The number of carbonyl (C=O) groups is 1. The third kappa shape index (κ3) is 3.45. The van der Waals surface area contributed by atoms with Crippen molar-refractivity contribution >= 4 is 11.7 Å². The van der Waals surface area contributed by atoms with Crippen molar-refractivity contribution in [1.29, 1.82) is 0 Å². The molecule has 0 spiro atoms. The number of esters is 1. The molecule has 1 heterocycles. The van der Waals surface area contributed by atoms with Crippen LogP contribution in [0.15, 0.2) is 42.6 Å². The minimum atomic E-state index is -0.476. The fourth-order valence-corrected chi connectivity index (χ4v) is 1.47. The SMILES string of the molecule is COc1ccc(COC(=O)c2ccc(N)cn2)cc1. The quantitative estimate of drug-likeness (QED) is 0.849. The molecule has 0 unspecified atom stereocenters. The minimum Gasteiger partial charge on any atom is -0.497 e. The molecule has 0 radical (unpaired) electrons. The van der Waals surface area contributed by atoms with Gasteiger partial charge in [-0.3, -0.25) is 0 Å². The molecule has 5 nitrogen and oxygen atoms in total. The summed E-state index contributed by atoms with van der Waals surface area (Å²) in [7, 11) is 1.60. The highest BCUT2D eigenvalue weighted by Crippen LogP contribution is 2.12. The number of aromatic nitrogens is 1. The van der Waals surface area contributed by atoms with Crippen LogP contribution in [0.5, 0.6) is 5.75 Å². The second kappa shape index (κ2) is 5.86. The van der Waals surface area contributed by atoms with Crippen molar-refractivity contribution in [3.05, 3.63) is 53.9 Å². The van der Waals surface area contributed by atoms with Crippen molar-refractivity contribution < 1.29 is 14.3 Å². The van der Waals surface area contributed by atoms with Gasteiger partial charge in [0.1, 0.15) is 18.1 Å². The van der Waals surface area contributed by atoms with Crippen molar-refractivity contribution in [2.75, 3.05) is 12.8 Å². The summed E-state index contributed by atoms with van der Waals surface area (Å²) in [6.07, 6.45) is 1.42. The van der Waals surface area contributed by atoms with Crippen LogP contribution in [0.25, 0.3) is 0 Å². The molecule has 0 saturated heterocycles. The van der Waals surface area contributed by atoms with Gasteiger partial charge in [0.2, 0.25) is 0 Å². The number of benzene rings is 1. The number of hydrogen-bond acceptors (Lipinski definition) is 5. The summed E-state index contributed by atoms with van der Waals surface area (Å²) in [5.41, 5.74) is 7.12. The molecule has 2 rings (SSSR count). The van der Waals surface area contributed by atoms with Gasteiger partial charge in [0, 0.05) is 0 Å². The fourth-order valence-electron chi connectivity index (χ4n) is 1.47. The van der Waals surface area contributed by atoms with Gasteiger partial charge < -0.3 is 15.2 Å². The number of ether oxygens (including phenoxy) is 2. The molecule has 98 valence electrons. The van der Waals surface area contributed by atoms with Crippen LogP contribution >= 0.6 is 0 Å². The Kier molecular flexibility index (Phi) is 3.97. The number of anilines is 1. The third-order valence-corrected chi connectivity index (χ3v) is 2.52. The van der Waals surface area contributed by atoms with Crippen LogP contribution in [0, 0.1) is 0 Å². The smallest absolute Gasteiger partial charge is 0.357 e. The average molecular weight is 258 g/mol. The van der Waals surface area contributed by atoms with Gasteiger partial charge in [0.05, 0.1) is 19.0 Å². The molecule has 1 aromatic carbocycles. The lowest BCUT2D eigenvalue weighted by molar-refractivity contribution is 0.0466. The summed E-state index contributed by atoms with van der Waals surface area (Å²) in [6.45, 7) is 0.189. The first kappa shape index (κ1) is 12.9. The lowest BCUT2D eigenvalue weighted by atomic mass is 10.2. The molecule has 19 heavy (non-hydrogen) atoms. The van der Waals surface area contributed by atoms with Crippen LogP contribution in [0.4, 0.5) is 5.69 Å². The van der Waals surface area contributed by atoms with Crippen molar-refractivity contribution in [2.24, 2.45) is 0 Å². The number of nitrogens with zero attached hydrogens (tertiary/aromatic N) is 1. The first-order valence-corrected chi connectivity index (χ1v) is 5.70. The Morgan fingerprint density at radius 2 is 1.95 bits per heavy atom. The molecule has 5 heteroatoms. The zero-order chi connectivity index (χ0) is 13.7. The lowest BCUT2D eigenvalue weighted by Gasteiger charge is -2.05. The zero-order valence-electron chi connectivity index (χ0n) is 10.5. The highest BCUT2D eigenvalue weighted by molar-refractivity contribution is 5.87. The number of nitrogens with two attached hydrogens (primary N) is 1. The van der Waals surface area contributed by atoms with Crippen LogP contribution in [0.1, 0.15) is 16.1 Å². The molecule has 0 atom stereocenters. The first-order chi connectivity index (χ1) is 9.19. The number of hydrogen-bond donors (Lipinski definition) is 1. The maximum Gasteiger partial charge on any atom is 0.357 e. The largest absolute Gasteiger partial charge is 0.497 e. The Morgan fingerprint density at radius 3 is 2.53 bits per heavy atom. The van der Waals surface area contributed by atoms with E-state index >= 15 is 0 Å². The third-order valence-electron chi connectivity index (χ3n) is 2.52. The van der Waals surface area contributed by atoms with Gasteiger partial charge in [-0.25, -0.2) is 9.78 Å². The molecule has 0 amide bonds. The van der Waals surface area contributed by atoms with Crippen molar-refractivity contribution in [2.45, 2.75) is 6.61 Å². The van der Waals surface area contributed by atoms with Gasteiger partial charge in [0.15, 0.2) is 0 Å². The minimum absolute atomic E-state index is 0.189. The van der Waals surface area contributed by atoms with E-state index in [2.05, 4.69) is 4.98 Å². The van der Waals surface area contributed by atoms with Crippen LogP contribution in [-0.2, 0) is 11.3 Å². The van der Waals surface area contributed by atoms with Gasteiger partial charge in [-0.05, 0) is 29.8 Å². The van der Waals surface area contributed by atoms with Crippen molar-refractivity contribution in [3.8, 4) is 5.75 Å². The molecule has 0 aliphatic rings. The monoisotopic (exact) mass is 258 g/mol. The molecule has 0 fully saturated rings. The van der Waals surface area contributed by atoms with Crippen LogP contribution < -0.4 is 10.5 Å². The summed E-state index contributed by atoms with van der Waals surface area (Å²) < 4.78 is 10.2. The van der Waals surface area contributed by atoms with Gasteiger partial charge in [-0.2, -0.15) is 0 Å². The van der Waals surface area contributed by atoms with Gasteiger partial charge in [-0.15, -0.1) is 0 Å². The Labute approximate surface area is 111 Å². The maximum absolute atomic E-state index is 11.7. The predicted octanol–water partition coefficient (Wildman–Crippen LogP) is 2.03. The van der Waals surface area contributed by atoms with E-state index in [0.717, 1.165) is 11.3 Å². The van der Waals surface area contributed by atoms with E-state index in [1.165, 1.54) is 12.3 Å². The lowest BCUT2D eigenvalue weighted by Crippen LogP contribution is -2.07. The molecule has 0 aliphatic heterocycles. The predicted molar refractivity (Wildman–Crippen MR) is 70.8 cm³/mol. The Hall–Kier alpha value is -2.56. The van der Waals surface area contributed by atoms with Crippen LogP contribution in [0.2, 0.25) is 0 Å². The second-order valence-corrected chi connectivity index (χ2v) is 3.90. The van der Waals surface area contributed by atoms with E-state index in [1.807, 2.05) is 24.3 Å². The summed E-state index contributed by atoms with van der Waals surface area (Å²) in [4.78, 5) is 15.6. The Morgan fingerprint density at radius 1 is 1.21 bits per heavy atom. The fraction of sp³-hybridized carbons (Fsp3) is 0.143. The topological polar surface area (TPSA) is 74.4 Å². The van der Waals surface area contributed by atoms with Crippen molar-refractivity contribution in [3.63, 3.8) is 0 Å². The zero-order valence-corrected chi connectivity index (χ0v) is 10.5. The number of methoxy groups -OCH3 is 1. The second-order valence-electron chi connectivity index (χ2n) is 3.90. The molecule has 2 N–H and O–H groups in total. The average Bonchev–Trinajstić information content (AvgIpc) is 2.46. The molecule has 2 aromatic rings. The molecule has 0 saturated carbocycles. The van der Waals surface area contributed by atoms with Gasteiger partial charge >= 0.3 is 5.97 Å². The van der Waals surface area contributed by atoms with Gasteiger partial charge in [-0.1, -0.05) is 12.1 Å². The molecule has 1 aromatic heterocycles. The molecule has 0 aliphatic carbocycles. The molecule has 0 bridgehead atoms. The first-order valence-electron chi connectivity index (χ1n) is 5.70. The molecular formula is C14H14N2O3. The van der Waals surface area contributed by atoms with Crippen molar-refractivity contribution in [1.82, 2.24) is 4.98 Å². The Bertz CT molecular complexity index is 550. The standard InChI is InChI=1S/C14H14N2O3/c1-18-12-5-2-10(3-6-12)9-19-14(17)13-7-4-11(15)8-16-13/h2-8H,9,15H2,1H3. The van der Waals surface area contributed by atoms with E-state index in [0.29, 0.717) is 5.69 Å². The van der Waals surface area contributed by atoms with Crippen LogP contribution in [-0.4, -0.2) is 18.1 Å². The Balaban J connectivity index is 1.94.